The Bertz CT molecular complexity index is 489. The van der Waals surface area contributed by atoms with Crippen molar-refractivity contribution in [3.8, 4) is 5.75 Å². The van der Waals surface area contributed by atoms with Gasteiger partial charge in [0.1, 0.15) is 0 Å². The van der Waals surface area contributed by atoms with Crippen LogP contribution in [0.5, 0.6) is 5.75 Å². The van der Waals surface area contributed by atoms with Gasteiger partial charge in [-0.05, 0) is 51.4 Å². The summed E-state index contributed by atoms with van der Waals surface area (Å²) in [5.41, 5.74) is 0.840. The van der Waals surface area contributed by atoms with Crippen LogP contribution >= 0.6 is 0 Å². The van der Waals surface area contributed by atoms with Gasteiger partial charge in [0.25, 0.3) is 5.91 Å². The first-order chi connectivity index (χ1) is 9.51. The molecule has 5 heteroatoms. The van der Waals surface area contributed by atoms with Gasteiger partial charge in [0.2, 0.25) is 0 Å². The molecule has 0 radical (unpaired) electrons. The molecule has 1 fully saturated rings. The monoisotopic (exact) mass is 280 g/mol. The van der Waals surface area contributed by atoms with Crippen LogP contribution < -0.4 is 15.4 Å². The number of amides is 1. The molecule has 20 heavy (non-hydrogen) atoms. The summed E-state index contributed by atoms with van der Waals surface area (Å²) in [6.45, 7) is 3.57. The number of rotatable bonds is 6. The number of benzene rings is 1. The standard InChI is InChI=1S/C15H21FN2O2/c1-9(17-3)11-4-7-14(13(16)8-11)20-10(2)15(19)18-12-5-6-12/h4,7-10,12,17H,5-6H2,1-3H3,(H,18,19). The zero-order valence-electron chi connectivity index (χ0n) is 12.1. The maximum absolute atomic E-state index is 14.0. The maximum Gasteiger partial charge on any atom is 0.260 e. The first-order valence-corrected chi connectivity index (χ1v) is 6.95. The van der Waals surface area contributed by atoms with Gasteiger partial charge in [-0.15, -0.1) is 0 Å². The van der Waals surface area contributed by atoms with E-state index in [1.54, 1.807) is 19.1 Å². The van der Waals surface area contributed by atoms with Crippen molar-refractivity contribution < 1.29 is 13.9 Å². The summed E-state index contributed by atoms with van der Waals surface area (Å²) in [7, 11) is 1.82. The molecule has 1 aliphatic carbocycles. The predicted octanol–water partition coefficient (Wildman–Crippen LogP) is 2.15. The van der Waals surface area contributed by atoms with Gasteiger partial charge in [-0.25, -0.2) is 4.39 Å². The first kappa shape index (κ1) is 14.8. The summed E-state index contributed by atoms with van der Waals surface area (Å²) >= 11 is 0. The van der Waals surface area contributed by atoms with E-state index in [1.165, 1.54) is 6.07 Å². The summed E-state index contributed by atoms with van der Waals surface area (Å²) in [6, 6.07) is 5.14. The van der Waals surface area contributed by atoms with Crippen LogP contribution in [0, 0.1) is 5.82 Å². The molecule has 0 saturated heterocycles. The van der Waals surface area contributed by atoms with E-state index in [0.717, 1.165) is 18.4 Å². The SMILES string of the molecule is CNC(C)c1ccc(OC(C)C(=O)NC2CC2)c(F)c1. The Hall–Kier alpha value is -1.62. The zero-order valence-corrected chi connectivity index (χ0v) is 12.1. The van der Waals surface area contributed by atoms with Gasteiger partial charge in [0.15, 0.2) is 17.7 Å². The van der Waals surface area contributed by atoms with Gasteiger partial charge in [0.05, 0.1) is 0 Å². The number of hydrogen-bond acceptors (Lipinski definition) is 3. The molecule has 2 rings (SSSR count). The molecule has 1 aliphatic rings. The molecular formula is C15H21FN2O2. The molecule has 2 atom stereocenters. The predicted molar refractivity (Wildman–Crippen MR) is 75.1 cm³/mol. The molecule has 0 bridgehead atoms. The smallest absolute Gasteiger partial charge is 0.260 e. The van der Waals surface area contributed by atoms with Gasteiger partial charge >= 0.3 is 0 Å². The second-order valence-corrected chi connectivity index (χ2v) is 5.24. The van der Waals surface area contributed by atoms with Crippen molar-refractivity contribution in [2.24, 2.45) is 0 Å². The van der Waals surface area contributed by atoms with E-state index in [9.17, 15) is 9.18 Å². The van der Waals surface area contributed by atoms with Gasteiger partial charge in [-0.3, -0.25) is 4.79 Å². The summed E-state index contributed by atoms with van der Waals surface area (Å²) in [5, 5.41) is 5.88. The molecule has 1 aromatic carbocycles. The highest BCUT2D eigenvalue weighted by molar-refractivity contribution is 5.81. The van der Waals surface area contributed by atoms with Gasteiger partial charge in [-0.2, -0.15) is 0 Å². The second-order valence-electron chi connectivity index (χ2n) is 5.24. The molecule has 0 heterocycles. The van der Waals surface area contributed by atoms with Crippen LogP contribution in [0.1, 0.15) is 38.3 Å². The summed E-state index contributed by atoms with van der Waals surface area (Å²) in [5.74, 6) is -0.536. The van der Waals surface area contributed by atoms with E-state index < -0.39 is 11.9 Å². The minimum Gasteiger partial charge on any atom is -0.478 e. The number of halogens is 1. The molecule has 0 aliphatic heterocycles. The fourth-order valence-electron chi connectivity index (χ4n) is 1.84. The zero-order chi connectivity index (χ0) is 14.7. The molecule has 2 N–H and O–H groups in total. The van der Waals surface area contributed by atoms with E-state index in [4.69, 9.17) is 4.74 Å². The Kier molecular flexibility index (Phi) is 4.60. The lowest BCUT2D eigenvalue weighted by molar-refractivity contribution is -0.127. The quantitative estimate of drug-likeness (QED) is 0.839. The van der Waals surface area contributed by atoms with Gasteiger partial charge < -0.3 is 15.4 Å². The lowest BCUT2D eigenvalue weighted by Crippen LogP contribution is -2.37. The number of carbonyl (C=O) groups excluding carboxylic acids is 1. The van der Waals surface area contributed by atoms with Crippen LogP contribution in [0.2, 0.25) is 0 Å². The van der Waals surface area contributed by atoms with Crippen LogP contribution in [0.3, 0.4) is 0 Å². The van der Waals surface area contributed by atoms with E-state index in [-0.39, 0.29) is 23.7 Å². The first-order valence-electron chi connectivity index (χ1n) is 6.95. The summed E-state index contributed by atoms with van der Waals surface area (Å²) < 4.78 is 19.4. The summed E-state index contributed by atoms with van der Waals surface area (Å²) in [4.78, 5) is 11.8. The van der Waals surface area contributed by atoms with Crippen LogP contribution in [-0.2, 0) is 4.79 Å². The van der Waals surface area contributed by atoms with Gasteiger partial charge in [-0.1, -0.05) is 6.07 Å². The third-order valence-electron chi connectivity index (χ3n) is 3.49. The molecule has 4 nitrogen and oxygen atoms in total. The maximum atomic E-state index is 14.0. The fourth-order valence-corrected chi connectivity index (χ4v) is 1.84. The Morgan fingerprint density at radius 1 is 1.40 bits per heavy atom. The highest BCUT2D eigenvalue weighted by atomic mass is 19.1. The molecule has 1 aromatic rings. The lowest BCUT2D eigenvalue weighted by atomic mass is 10.1. The van der Waals surface area contributed by atoms with Crippen LogP contribution in [-0.4, -0.2) is 25.1 Å². The number of carbonyl (C=O) groups is 1. The van der Waals surface area contributed by atoms with E-state index in [2.05, 4.69) is 10.6 Å². The minimum absolute atomic E-state index is 0.0640. The number of hydrogen-bond donors (Lipinski definition) is 2. The van der Waals surface area contributed by atoms with Crippen LogP contribution in [0.25, 0.3) is 0 Å². The molecule has 1 amide bonds. The third kappa shape index (κ3) is 3.70. The van der Waals surface area contributed by atoms with Crippen molar-refractivity contribution in [1.82, 2.24) is 10.6 Å². The topological polar surface area (TPSA) is 50.4 Å². The van der Waals surface area contributed by atoms with Crippen molar-refractivity contribution in [2.75, 3.05) is 7.05 Å². The third-order valence-corrected chi connectivity index (χ3v) is 3.49. The Labute approximate surface area is 118 Å². The molecule has 1 saturated carbocycles. The summed E-state index contributed by atoms with van der Waals surface area (Å²) in [6.07, 6.45) is 1.34. The van der Waals surface area contributed by atoms with Crippen LogP contribution in [0.15, 0.2) is 18.2 Å². The van der Waals surface area contributed by atoms with Crippen molar-refractivity contribution in [3.05, 3.63) is 29.6 Å². The second kappa shape index (κ2) is 6.22. The largest absolute Gasteiger partial charge is 0.478 e. The molecule has 2 unspecified atom stereocenters. The molecule has 0 spiro atoms. The number of nitrogens with one attached hydrogen (secondary N) is 2. The highest BCUT2D eigenvalue weighted by Gasteiger charge is 2.26. The highest BCUT2D eigenvalue weighted by Crippen LogP contribution is 2.23. The van der Waals surface area contributed by atoms with Crippen molar-refractivity contribution in [3.63, 3.8) is 0 Å². The van der Waals surface area contributed by atoms with Crippen molar-refractivity contribution >= 4 is 5.91 Å². The minimum atomic E-state index is -0.697. The number of ether oxygens (including phenoxy) is 1. The van der Waals surface area contributed by atoms with E-state index >= 15 is 0 Å². The molecular weight excluding hydrogens is 259 g/mol. The average Bonchev–Trinajstić information content (AvgIpc) is 3.23. The molecule has 0 aromatic heterocycles. The molecule has 110 valence electrons. The normalized spacial score (nSPS) is 17.4. The van der Waals surface area contributed by atoms with E-state index in [0.29, 0.717) is 0 Å². The van der Waals surface area contributed by atoms with E-state index in [1.807, 2.05) is 14.0 Å². The van der Waals surface area contributed by atoms with Crippen molar-refractivity contribution in [2.45, 2.75) is 44.9 Å². The Morgan fingerprint density at radius 3 is 2.65 bits per heavy atom. The fraction of sp³-hybridized carbons (Fsp3) is 0.533. The van der Waals surface area contributed by atoms with Gasteiger partial charge in [0, 0.05) is 12.1 Å². The van der Waals surface area contributed by atoms with Crippen LogP contribution in [0.4, 0.5) is 4.39 Å². The average molecular weight is 280 g/mol. The lowest BCUT2D eigenvalue weighted by Gasteiger charge is -2.16. The Balaban J connectivity index is 1.99. The van der Waals surface area contributed by atoms with Crippen molar-refractivity contribution in [1.29, 1.82) is 0 Å². The Morgan fingerprint density at radius 2 is 2.10 bits per heavy atom.